The maximum absolute atomic E-state index is 13.1. The van der Waals surface area contributed by atoms with Crippen LogP contribution < -0.4 is 0 Å². The molecule has 1 aromatic carbocycles. The second-order valence-electron chi connectivity index (χ2n) is 9.37. The van der Waals surface area contributed by atoms with E-state index in [0.29, 0.717) is 24.7 Å². The lowest BCUT2D eigenvalue weighted by Crippen LogP contribution is -2.43. The number of benzene rings is 1. The van der Waals surface area contributed by atoms with Crippen LogP contribution in [0.3, 0.4) is 0 Å². The molecule has 0 unspecified atom stereocenters. The summed E-state index contributed by atoms with van der Waals surface area (Å²) in [5.41, 5.74) is 3.77. The minimum Gasteiger partial charge on any atom is -0.342 e. The van der Waals surface area contributed by atoms with Gasteiger partial charge in [-0.05, 0) is 87.1 Å². The van der Waals surface area contributed by atoms with E-state index in [1.165, 1.54) is 0 Å². The van der Waals surface area contributed by atoms with Crippen LogP contribution >= 0.6 is 0 Å². The highest BCUT2D eigenvalue weighted by atomic mass is 16.2. The summed E-state index contributed by atoms with van der Waals surface area (Å²) in [7, 11) is 0. The van der Waals surface area contributed by atoms with E-state index in [4.69, 9.17) is 0 Å². The van der Waals surface area contributed by atoms with Crippen molar-refractivity contribution in [3.63, 3.8) is 0 Å². The van der Waals surface area contributed by atoms with Crippen LogP contribution in [-0.2, 0) is 14.4 Å². The second-order valence-corrected chi connectivity index (χ2v) is 9.37. The number of carbonyl (C=O) groups is 3. The van der Waals surface area contributed by atoms with Crippen LogP contribution in [0, 0.1) is 43.4 Å². The van der Waals surface area contributed by atoms with Gasteiger partial charge in [-0.1, -0.05) is 5.92 Å². The number of hydrogen-bond acceptors (Lipinski definition) is 3. The van der Waals surface area contributed by atoms with Crippen molar-refractivity contribution in [3.05, 3.63) is 34.4 Å². The van der Waals surface area contributed by atoms with Gasteiger partial charge in [0.15, 0.2) is 0 Å². The third-order valence-corrected chi connectivity index (χ3v) is 7.17. The molecule has 0 atom stereocenters. The second kappa shape index (κ2) is 8.38. The summed E-state index contributed by atoms with van der Waals surface area (Å²) in [5, 5.41) is 0. The summed E-state index contributed by atoms with van der Waals surface area (Å²) in [5.74, 6) is 6.55. The van der Waals surface area contributed by atoms with Crippen LogP contribution in [0.5, 0.6) is 0 Å². The predicted octanol–water partition coefficient (Wildman–Crippen LogP) is 3.96. The molecule has 4 rings (SSSR count). The van der Waals surface area contributed by atoms with Crippen molar-refractivity contribution in [2.75, 3.05) is 13.1 Å². The van der Waals surface area contributed by atoms with E-state index < -0.39 is 5.92 Å². The molecule has 2 aliphatic carbocycles. The van der Waals surface area contributed by atoms with Crippen molar-refractivity contribution in [1.82, 2.24) is 4.90 Å². The first-order chi connectivity index (χ1) is 14.4. The monoisotopic (exact) mass is 405 g/mol. The first-order valence-corrected chi connectivity index (χ1v) is 11.3. The molecule has 0 bridgehead atoms. The van der Waals surface area contributed by atoms with E-state index in [-0.39, 0.29) is 23.4 Å². The Balaban J connectivity index is 1.44. The number of Topliss-reactive ketones (excluding diaryl/α,β-unsaturated/α-hetero) is 2. The van der Waals surface area contributed by atoms with Gasteiger partial charge in [0, 0.05) is 37.4 Å². The Bertz CT molecular complexity index is 898. The average Bonchev–Trinajstić information content (AvgIpc) is 3.54. The molecule has 158 valence electrons. The summed E-state index contributed by atoms with van der Waals surface area (Å²) in [6, 6.07) is 3.97. The molecule has 0 aromatic heterocycles. The molecule has 4 nitrogen and oxygen atoms in total. The molecule has 3 fully saturated rings. The minimum atomic E-state index is -0.624. The van der Waals surface area contributed by atoms with Crippen LogP contribution in [0.2, 0.25) is 0 Å². The zero-order chi connectivity index (χ0) is 21.4. The van der Waals surface area contributed by atoms with Crippen LogP contribution in [0.4, 0.5) is 0 Å². The molecule has 1 aromatic rings. The molecule has 3 aliphatic rings. The van der Waals surface area contributed by atoms with Gasteiger partial charge in [-0.3, -0.25) is 14.4 Å². The lowest BCUT2D eigenvalue weighted by atomic mass is 9.69. The molecule has 30 heavy (non-hydrogen) atoms. The van der Waals surface area contributed by atoms with E-state index in [2.05, 4.69) is 11.8 Å². The average molecular weight is 406 g/mol. The van der Waals surface area contributed by atoms with Crippen molar-refractivity contribution >= 4 is 17.5 Å². The number of nitrogens with zero attached hydrogens (tertiary/aromatic N) is 1. The molecular formula is C26H31NO3. The third-order valence-electron chi connectivity index (χ3n) is 7.17. The van der Waals surface area contributed by atoms with Gasteiger partial charge in [-0.15, -0.1) is 5.92 Å². The minimum absolute atomic E-state index is 0.0632. The zero-order valence-corrected chi connectivity index (χ0v) is 18.3. The molecule has 0 N–H and O–H groups in total. The topological polar surface area (TPSA) is 54.5 Å². The van der Waals surface area contributed by atoms with Crippen LogP contribution in [0.25, 0.3) is 0 Å². The standard InChI is InChI=1S/C26H31NO3/c1-4-5-18-12-16(2)24(17(3)13-18)25-22(28)14-21(15-23(25)29)19-8-10-27(11-9-19)26(30)20-6-7-20/h12-13,19-21,25H,6-11,14-15H2,1-3H3. The van der Waals surface area contributed by atoms with E-state index in [0.717, 1.165) is 61.0 Å². The van der Waals surface area contributed by atoms with Gasteiger partial charge in [-0.2, -0.15) is 0 Å². The van der Waals surface area contributed by atoms with Crippen molar-refractivity contribution in [2.45, 2.75) is 65.2 Å². The fourth-order valence-corrected chi connectivity index (χ4v) is 5.49. The lowest BCUT2D eigenvalue weighted by Gasteiger charge is -2.38. The highest BCUT2D eigenvalue weighted by Crippen LogP contribution is 2.40. The van der Waals surface area contributed by atoms with Gasteiger partial charge in [0.1, 0.15) is 17.5 Å². The fourth-order valence-electron chi connectivity index (χ4n) is 5.49. The summed E-state index contributed by atoms with van der Waals surface area (Å²) < 4.78 is 0. The molecule has 1 aliphatic heterocycles. The Kier molecular flexibility index (Phi) is 5.82. The van der Waals surface area contributed by atoms with Crippen LogP contribution in [-0.4, -0.2) is 35.5 Å². The number of amides is 1. The number of likely N-dealkylation sites (tertiary alicyclic amines) is 1. The number of hydrogen-bond donors (Lipinski definition) is 0. The lowest BCUT2D eigenvalue weighted by molar-refractivity contribution is -0.138. The van der Waals surface area contributed by atoms with Gasteiger partial charge < -0.3 is 4.90 Å². The molecule has 1 amide bonds. The molecule has 1 heterocycles. The van der Waals surface area contributed by atoms with Crippen molar-refractivity contribution in [2.24, 2.45) is 17.8 Å². The smallest absolute Gasteiger partial charge is 0.225 e. The Morgan fingerprint density at radius 1 is 0.933 bits per heavy atom. The number of piperidine rings is 1. The molecule has 0 radical (unpaired) electrons. The van der Waals surface area contributed by atoms with E-state index in [1.54, 1.807) is 6.92 Å². The summed E-state index contributed by atoms with van der Waals surface area (Å²) >= 11 is 0. The van der Waals surface area contributed by atoms with Crippen molar-refractivity contribution in [1.29, 1.82) is 0 Å². The van der Waals surface area contributed by atoms with Crippen molar-refractivity contribution in [3.8, 4) is 11.8 Å². The Morgan fingerprint density at radius 3 is 2.00 bits per heavy atom. The fraction of sp³-hybridized carbons (Fsp3) is 0.577. The number of aryl methyl sites for hydroxylation is 2. The van der Waals surface area contributed by atoms with Crippen LogP contribution in [0.1, 0.15) is 73.6 Å². The largest absolute Gasteiger partial charge is 0.342 e. The number of ketones is 2. The van der Waals surface area contributed by atoms with E-state index >= 15 is 0 Å². The SMILES string of the molecule is CC#Cc1cc(C)c(C2C(=O)CC(C3CCN(C(=O)C4CC4)CC3)CC2=O)c(C)c1. The van der Waals surface area contributed by atoms with Gasteiger partial charge in [0.05, 0.1) is 0 Å². The summed E-state index contributed by atoms with van der Waals surface area (Å²) in [4.78, 5) is 40.5. The molecule has 2 saturated carbocycles. The zero-order valence-electron chi connectivity index (χ0n) is 18.3. The molecule has 1 saturated heterocycles. The van der Waals surface area contributed by atoms with E-state index in [1.807, 2.05) is 30.9 Å². The Labute approximate surface area is 179 Å². The summed E-state index contributed by atoms with van der Waals surface area (Å²) in [6.45, 7) is 7.31. The Morgan fingerprint density at radius 2 is 1.50 bits per heavy atom. The highest BCUT2D eigenvalue weighted by molar-refractivity contribution is 6.10. The molecule has 4 heteroatoms. The number of rotatable bonds is 3. The van der Waals surface area contributed by atoms with Gasteiger partial charge in [-0.25, -0.2) is 0 Å². The molecular weight excluding hydrogens is 374 g/mol. The highest BCUT2D eigenvalue weighted by Gasteiger charge is 2.42. The Hall–Kier alpha value is -2.41. The number of carbonyl (C=O) groups excluding carboxylic acids is 3. The van der Waals surface area contributed by atoms with E-state index in [9.17, 15) is 14.4 Å². The third kappa shape index (κ3) is 4.08. The maximum Gasteiger partial charge on any atom is 0.225 e. The van der Waals surface area contributed by atoms with Gasteiger partial charge in [0.2, 0.25) is 5.91 Å². The first kappa shape index (κ1) is 20.8. The quantitative estimate of drug-likeness (QED) is 0.565. The first-order valence-electron chi connectivity index (χ1n) is 11.3. The van der Waals surface area contributed by atoms with Gasteiger partial charge in [0.25, 0.3) is 0 Å². The van der Waals surface area contributed by atoms with Gasteiger partial charge >= 0.3 is 0 Å². The maximum atomic E-state index is 13.1. The molecule has 0 spiro atoms. The van der Waals surface area contributed by atoms with Crippen molar-refractivity contribution < 1.29 is 14.4 Å². The van der Waals surface area contributed by atoms with Crippen LogP contribution in [0.15, 0.2) is 12.1 Å². The normalized spacial score (nSPS) is 25.1. The summed E-state index contributed by atoms with van der Waals surface area (Å²) in [6.07, 6.45) is 4.86. The predicted molar refractivity (Wildman–Crippen MR) is 116 cm³/mol.